The molecular weight excluding hydrogens is 196 g/mol. The van der Waals surface area contributed by atoms with E-state index in [9.17, 15) is 0 Å². The Morgan fingerprint density at radius 2 is 1.44 bits per heavy atom. The zero-order valence-electron chi connectivity index (χ0n) is 10.3. The van der Waals surface area contributed by atoms with Crippen LogP contribution in [-0.4, -0.2) is 6.04 Å². The highest BCUT2D eigenvalue weighted by Crippen LogP contribution is 2.56. The maximum Gasteiger partial charge on any atom is 0.0267 e. The topological polar surface area (TPSA) is 38.0 Å². The van der Waals surface area contributed by atoms with Crippen molar-refractivity contribution in [2.75, 3.05) is 0 Å². The van der Waals surface area contributed by atoms with Crippen molar-refractivity contribution in [2.45, 2.75) is 63.8 Å². The quantitative estimate of drug-likeness (QED) is 0.438. The van der Waals surface area contributed by atoms with Crippen LogP contribution in [0.2, 0.25) is 0 Å². The molecule has 3 unspecified atom stereocenters. The Balaban J connectivity index is 1.60. The van der Waals surface area contributed by atoms with Gasteiger partial charge in [0, 0.05) is 6.04 Å². The molecule has 0 saturated heterocycles. The van der Waals surface area contributed by atoms with Crippen LogP contribution in [0.15, 0.2) is 0 Å². The van der Waals surface area contributed by atoms with Gasteiger partial charge in [0.25, 0.3) is 0 Å². The summed E-state index contributed by atoms with van der Waals surface area (Å²) in [6.07, 6.45) is 13.1. The van der Waals surface area contributed by atoms with E-state index < -0.39 is 0 Å². The molecule has 3 aliphatic rings. The number of fused-ring (bicyclic) bond motifs is 1. The van der Waals surface area contributed by atoms with Crippen LogP contribution in [0.1, 0.15) is 57.8 Å². The van der Waals surface area contributed by atoms with Gasteiger partial charge in [0.2, 0.25) is 0 Å². The largest absolute Gasteiger partial charge is 0.271 e. The molecule has 2 nitrogen and oxygen atoms in total. The normalized spacial score (nSPS) is 41.4. The Morgan fingerprint density at radius 1 is 0.812 bits per heavy atom. The Labute approximate surface area is 99.3 Å². The molecule has 3 saturated carbocycles. The molecule has 3 N–H and O–H groups in total. The first kappa shape index (κ1) is 11.0. The smallest absolute Gasteiger partial charge is 0.0267 e. The number of nitrogens with two attached hydrogens (primary N) is 1. The van der Waals surface area contributed by atoms with Gasteiger partial charge in [-0.15, -0.1) is 0 Å². The molecule has 16 heavy (non-hydrogen) atoms. The summed E-state index contributed by atoms with van der Waals surface area (Å²) in [4.78, 5) is 0. The molecule has 2 heteroatoms. The summed E-state index contributed by atoms with van der Waals surface area (Å²) in [5.74, 6) is 9.79. The van der Waals surface area contributed by atoms with Gasteiger partial charge in [0.05, 0.1) is 0 Å². The average molecular weight is 222 g/mol. The fourth-order valence-corrected chi connectivity index (χ4v) is 4.38. The third kappa shape index (κ3) is 2.14. The van der Waals surface area contributed by atoms with Crippen molar-refractivity contribution in [2.24, 2.45) is 29.5 Å². The van der Waals surface area contributed by atoms with Crippen molar-refractivity contribution < 1.29 is 0 Å². The molecule has 92 valence electrons. The lowest BCUT2D eigenvalue weighted by Gasteiger charge is -2.31. The molecule has 0 aromatic rings. The minimum absolute atomic E-state index is 0.630. The molecular formula is C14H26N2. The van der Waals surface area contributed by atoms with Crippen molar-refractivity contribution in [3.8, 4) is 0 Å². The van der Waals surface area contributed by atoms with E-state index in [4.69, 9.17) is 5.84 Å². The van der Waals surface area contributed by atoms with Crippen molar-refractivity contribution >= 4 is 0 Å². The van der Waals surface area contributed by atoms with Gasteiger partial charge < -0.3 is 0 Å². The molecule has 0 radical (unpaired) electrons. The highest BCUT2D eigenvalue weighted by molar-refractivity contribution is 5.00. The van der Waals surface area contributed by atoms with E-state index in [0.29, 0.717) is 6.04 Å². The van der Waals surface area contributed by atoms with Gasteiger partial charge in [0.15, 0.2) is 0 Å². The monoisotopic (exact) mass is 222 g/mol. The third-order valence-corrected chi connectivity index (χ3v) is 5.39. The Kier molecular flexibility index (Phi) is 3.21. The van der Waals surface area contributed by atoms with E-state index in [0.717, 1.165) is 23.7 Å². The second-order valence-corrected chi connectivity index (χ2v) is 6.43. The number of hydrogen-bond donors (Lipinski definition) is 2. The summed E-state index contributed by atoms with van der Waals surface area (Å²) in [6, 6.07) is 0.630. The first-order valence-electron chi connectivity index (χ1n) is 7.34. The van der Waals surface area contributed by atoms with Gasteiger partial charge in [0.1, 0.15) is 0 Å². The van der Waals surface area contributed by atoms with E-state index in [1.165, 1.54) is 57.8 Å². The highest BCUT2D eigenvalue weighted by atomic mass is 15.2. The van der Waals surface area contributed by atoms with Gasteiger partial charge in [-0.2, -0.15) is 0 Å². The van der Waals surface area contributed by atoms with E-state index >= 15 is 0 Å². The molecule has 0 aromatic heterocycles. The predicted octanol–water partition coefficient (Wildman–Crippen LogP) is 2.83. The maximum absolute atomic E-state index is 5.84. The molecule has 3 aliphatic carbocycles. The van der Waals surface area contributed by atoms with Crippen LogP contribution in [-0.2, 0) is 0 Å². The number of rotatable bonds is 3. The van der Waals surface area contributed by atoms with Crippen LogP contribution in [0.3, 0.4) is 0 Å². The van der Waals surface area contributed by atoms with Crippen molar-refractivity contribution in [3.05, 3.63) is 0 Å². The van der Waals surface area contributed by atoms with Crippen molar-refractivity contribution in [1.29, 1.82) is 0 Å². The molecule has 0 amide bonds. The zero-order chi connectivity index (χ0) is 11.0. The lowest BCUT2D eigenvalue weighted by atomic mass is 9.81. The average Bonchev–Trinajstić information content (AvgIpc) is 2.99. The molecule has 3 rings (SSSR count). The fraction of sp³-hybridized carbons (Fsp3) is 1.00. The maximum atomic E-state index is 5.84. The number of hydrogen-bond acceptors (Lipinski definition) is 2. The summed E-state index contributed by atoms with van der Waals surface area (Å²) in [5, 5.41) is 0. The van der Waals surface area contributed by atoms with Crippen molar-refractivity contribution in [1.82, 2.24) is 5.43 Å². The standard InChI is InChI=1S/C14H26N2/c15-16-14(10-5-3-1-2-4-6-10)13-8-11-7-12(11)9-13/h10-14,16H,1-9,15H2. The molecule has 0 bridgehead atoms. The van der Waals surface area contributed by atoms with Crippen LogP contribution in [0.5, 0.6) is 0 Å². The first-order valence-corrected chi connectivity index (χ1v) is 7.34. The second kappa shape index (κ2) is 4.66. The minimum Gasteiger partial charge on any atom is -0.271 e. The fourth-order valence-electron chi connectivity index (χ4n) is 4.38. The van der Waals surface area contributed by atoms with Crippen LogP contribution in [0.25, 0.3) is 0 Å². The van der Waals surface area contributed by atoms with Gasteiger partial charge >= 0.3 is 0 Å². The lowest BCUT2D eigenvalue weighted by molar-refractivity contribution is 0.227. The Hall–Kier alpha value is -0.0800. The molecule has 0 spiro atoms. The van der Waals surface area contributed by atoms with Crippen molar-refractivity contribution in [3.63, 3.8) is 0 Å². The van der Waals surface area contributed by atoms with Gasteiger partial charge in [-0.1, -0.05) is 25.7 Å². The summed E-state index contributed by atoms with van der Waals surface area (Å²) < 4.78 is 0. The van der Waals surface area contributed by atoms with Gasteiger partial charge in [-0.25, -0.2) is 0 Å². The van der Waals surface area contributed by atoms with Crippen LogP contribution in [0.4, 0.5) is 0 Å². The Bertz CT molecular complexity index is 223. The number of hydrazine groups is 1. The summed E-state index contributed by atoms with van der Waals surface area (Å²) in [7, 11) is 0. The second-order valence-electron chi connectivity index (χ2n) is 6.43. The minimum atomic E-state index is 0.630. The zero-order valence-corrected chi connectivity index (χ0v) is 10.3. The van der Waals surface area contributed by atoms with Crippen LogP contribution >= 0.6 is 0 Å². The van der Waals surface area contributed by atoms with E-state index in [1.807, 2.05) is 0 Å². The summed E-state index contributed by atoms with van der Waals surface area (Å²) >= 11 is 0. The van der Waals surface area contributed by atoms with E-state index in [2.05, 4.69) is 5.43 Å². The Morgan fingerprint density at radius 3 is 2.00 bits per heavy atom. The van der Waals surface area contributed by atoms with Gasteiger partial charge in [-0.05, 0) is 55.8 Å². The SMILES string of the molecule is NNC(C1CCCCCC1)C1CC2CC2C1. The summed E-state index contributed by atoms with van der Waals surface area (Å²) in [6.45, 7) is 0. The molecule has 0 heterocycles. The van der Waals surface area contributed by atoms with Crippen LogP contribution in [0, 0.1) is 23.7 Å². The van der Waals surface area contributed by atoms with E-state index in [1.54, 1.807) is 0 Å². The first-order chi connectivity index (χ1) is 7.88. The molecule has 0 aromatic carbocycles. The molecule has 0 aliphatic heterocycles. The van der Waals surface area contributed by atoms with Crippen LogP contribution < -0.4 is 11.3 Å². The molecule has 3 atom stereocenters. The predicted molar refractivity (Wildman–Crippen MR) is 66.6 cm³/mol. The molecule has 3 fully saturated rings. The lowest BCUT2D eigenvalue weighted by Crippen LogP contribution is -2.45. The number of nitrogens with one attached hydrogen (secondary N) is 1. The summed E-state index contributed by atoms with van der Waals surface area (Å²) in [5.41, 5.74) is 3.18. The third-order valence-electron chi connectivity index (χ3n) is 5.39. The van der Waals surface area contributed by atoms with Gasteiger partial charge in [-0.3, -0.25) is 11.3 Å². The highest BCUT2D eigenvalue weighted by Gasteiger charge is 2.48. The van der Waals surface area contributed by atoms with E-state index in [-0.39, 0.29) is 0 Å².